The zero-order chi connectivity index (χ0) is 11.6. The first kappa shape index (κ1) is 12.2. The number of nitrogen functional groups attached to an aromatic ring is 1. The van der Waals surface area contributed by atoms with Gasteiger partial charge in [-0.2, -0.15) is 11.8 Å². The predicted octanol–water partition coefficient (Wildman–Crippen LogP) is 1.36. The summed E-state index contributed by atoms with van der Waals surface area (Å²) in [6.45, 7) is 0.535. The lowest BCUT2D eigenvalue weighted by molar-refractivity contribution is 0.547. The number of rotatable bonds is 4. The summed E-state index contributed by atoms with van der Waals surface area (Å²) in [6, 6.07) is 1.50. The molecule has 0 aliphatic carbocycles. The molecule has 0 spiro atoms. The van der Waals surface area contributed by atoms with Crippen molar-refractivity contribution in [3.63, 3.8) is 0 Å². The maximum Gasteiger partial charge on any atom is 0.250 e. The minimum Gasteiger partial charge on any atom is -0.398 e. The predicted molar refractivity (Wildman–Crippen MR) is 69.4 cm³/mol. The SMILES string of the molecule is Nc1csc(S(=O)(=O)NCC2CCSC2)c1. The third-order valence-corrected chi connectivity index (χ3v) is 6.56. The Kier molecular flexibility index (Phi) is 3.78. The maximum atomic E-state index is 11.8. The third-order valence-electron chi connectivity index (χ3n) is 2.45. The summed E-state index contributed by atoms with van der Waals surface area (Å²) in [6.07, 6.45) is 1.10. The molecule has 0 radical (unpaired) electrons. The van der Waals surface area contributed by atoms with Crippen molar-refractivity contribution in [2.45, 2.75) is 10.6 Å². The van der Waals surface area contributed by atoms with Gasteiger partial charge in [0.1, 0.15) is 4.21 Å². The van der Waals surface area contributed by atoms with Crippen LogP contribution in [0.2, 0.25) is 0 Å². The average molecular weight is 278 g/mol. The second-order valence-corrected chi connectivity index (χ2v) is 7.84. The van der Waals surface area contributed by atoms with Gasteiger partial charge < -0.3 is 5.73 Å². The van der Waals surface area contributed by atoms with Crippen LogP contribution in [-0.4, -0.2) is 26.5 Å². The Balaban J connectivity index is 1.97. The molecule has 1 fully saturated rings. The first-order chi connectivity index (χ1) is 7.58. The fourth-order valence-electron chi connectivity index (χ4n) is 1.51. The van der Waals surface area contributed by atoms with Gasteiger partial charge in [0.25, 0.3) is 0 Å². The number of nitrogens with one attached hydrogen (secondary N) is 1. The molecular weight excluding hydrogens is 264 g/mol. The van der Waals surface area contributed by atoms with E-state index in [1.54, 1.807) is 5.38 Å². The van der Waals surface area contributed by atoms with Crippen molar-refractivity contribution in [2.24, 2.45) is 5.92 Å². The molecule has 1 unspecified atom stereocenters. The lowest BCUT2D eigenvalue weighted by Crippen LogP contribution is -2.28. The van der Waals surface area contributed by atoms with Crippen LogP contribution >= 0.6 is 23.1 Å². The van der Waals surface area contributed by atoms with Gasteiger partial charge in [-0.1, -0.05) is 0 Å². The second kappa shape index (κ2) is 4.95. The van der Waals surface area contributed by atoms with Crippen molar-refractivity contribution in [1.82, 2.24) is 4.72 Å². The Morgan fingerprint density at radius 1 is 1.56 bits per heavy atom. The monoisotopic (exact) mass is 278 g/mol. The minimum atomic E-state index is -3.35. The van der Waals surface area contributed by atoms with E-state index in [9.17, 15) is 8.42 Å². The number of thioether (sulfide) groups is 1. The number of nitrogens with two attached hydrogens (primary N) is 1. The molecule has 0 aromatic carbocycles. The molecule has 0 amide bonds. The number of hydrogen-bond donors (Lipinski definition) is 2. The van der Waals surface area contributed by atoms with Crippen molar-refractivity contribution < 1.29 is 8.42 Å². The van der Waals surface area contributed by atoms with Gasteiger partial charge in [-0.3, -0.25) is 0 Å². The van der Waals surface area contributed by atoms with Crippen LogP contribution in [0.1, 0.15) is 6.42 Å². The van der Waals surface area contributed by atoms with Crippen LogP contribution in [0.4, 0.5) is 5.69 Å². The van der Waals surface area contributed by atoms with Crippen molar-refractivity contribution in [2.75, 3.05) is 23.8 Å². The largest absolute Gasteiger partial charge is 0.398 e. The van der Waals surface area contributed by atoms with Gasteiger partial charge in [-0.15, -0.1) is 11.3 Å². The van der Waals surface area contributed by atoms with E-state index in [1.807, 2.05) is 11.8 Å². The van der Waals surface area contributed by atoms with Crippen LogP contribution in [0, 0.1) is 5.92 Å². The molecule has 0 bridgehead atoms. The van der Waals surface area contributed by atoms with Gasteiger partial charge in [-0.25, -0.2) is 13.1 Å². The van der Waals surface area contributed by atoms with E-state index >= 15 is 0 Å². The summed E-state index contributed by atoms with van der Waals surface area (Å²) in [7, 11) is -3.35. The lowest BCUT2D eigenvalue weighted by Gasteiger charge is -2.09. The highest BCUT2D eigenvalue weighted by Gasteiger charge is 2.20. The van der Waals surface area contributed by atoms with Crippen LogP contribution in [0.3, 0.4) is 0 Å². The van der Waals surface area contributed by atoms with Crippen LogP contribution in [0.25, 0.3) is 0 Å². The van der Waals surface area contributed by atoms with E-state index in [0.29, 0.717) is 22.4 Å². The Hall–Kier alpha value is -0.240. The van der Waals surface area contributed by atoms with E-state index in [2.05, 4.69) is 4.72 Å². The zero-order valence-electron chi connectivity index (χ0n) is 8.68. The van der Waals surface area contributed by atoms with Crippen molar-refractivity contribution in [3.05, 3.63) is 11.4 Å². The lowest BCUT2D eigenvalue weighted by atomic mass is 10.1. The molecule has 16 heavy (non-hydrogen) atoms. The molecule has 1 aliphatic heterocycles. The molecule has 4 nitrogen and oxygen atoms in total. The third kappa shape index (κ3) is 2.91. The number of thiophene rings is 1. The first-order valence-corrected chi connectivity index (χ1v) is 8.51. The summed E-state index contributed by atoms with van der Waals surface area (Å²) in [4.78, 5) is 0. The highest BCUT2D eigenvalue weighted by atomic mass is 32.2. The minimum absolute atomic E-state index is 0.302. The normalized spacial score (nSPS) is 21.4. The molecule has 90 valence electrons. The number of sulfonamides is 1. The van der Waals surface area contributed by atoms with Crippen molar-refractivity contribution in [3.8, 4) is 0 Å². The summed E-state index contributed by atoms with van der Waals surface area (Å²) in [5, 5.41) is 1.64. The van der Waals surface area contributed by atoms with Crippen LogP contribution in [-0.2, 0) is 10.0 Å². The Morgan fingerprint density at radius 3 is 2.94 bits per heavy atom. The van der Waals surface area contributed by atoms with E-state index < -0.39 is 10.0 Å². The fraction of sp³-hybridized carbons (Fsp3) is 0.556. The molecule has 1 aliphatic rings. The Bertz CT molecular complexity index is 449. The molecule has 1 atom stereocenters. The van der Waals surface area contributed by atoms with Gasteiger partial charge in [0, 0.05) is 17.6 Å². The quantitative estimate of drug-likeness (QED) is 0.872. The number of hydrogen-bond acceptors (Lipinski definition) is 5. The van der Waals surface area contributed by atoms with Crippen molar-refractivity contribution >= 4 is 38.8 Å². The Labute approximate surface area is 104 Å². The molecule has 1 aromatic rings. The van der Waals surface area contributed by atoms with E-state index in [-0.39, 0.29) is 0 Å². The first-order valence-electron chi connectivity index (χ1n) is 4.99. The molecule has 2 heterocycles. The van der Waals surface area contributed by atoms with Crippen LogP contribution < -0.4 is 10.5 Å². The summed E-state index contributed by atoms with van der Waals surface area (Å²) in [5.41, 5.74) is 6.01. The molecule has 3 N–H and O–H groups in total. The van der Waals surface area contributed by atoms with Gasteiger partial charge in [0.05, 0.1) is 0 Å². The van der Waals surface area contributed by atoms with Gasteiger partial charge >= 0.3 is 0 Å². The summed E-state index contributed by atoms with van der Waals surface area (Å²) >= 11 is 3.04. The molecule has 2 rings (SSSR count). The summed E-state index contributed by atoms with van der Waals surface area (Å²) in [5.74, 6) is 2.66. The maximum absolute atomic E-state index is 11.8. The highest BCUT2D eigenvalue weighted by molar-refractivity contribution is 7.99. The summed E-state index contributed by atoms with van der Waals surface area (Å²) < 4.78 is 26.6. The number of anilines is 1. The Morgan fingerprint density at radius 2 is 2.38 bits per heavy atom. The van der Waals surface area contributed by atoms with E-state index in [1.165, 1.54) is 6.07 Å². The smallest absolute Gasteiger partial charge is 0.250 e. The highest BCUT2D eigenvalue weighted by Crippen LogP contribution is 2.24. The van der Waals surface area contributed by atoms with E-state index in [0.717, 1.165) is 29.3 Å². The van der Waals surface area contributed by atoms with Crippen LogP contribution in [0.5, 0.6) is 0 Å². The standard InChI is InChI=1S/C9H14N2O2S3/c10-8-3-9(15-6-8)16(12,13)11-4-7-1-2-14-5-7/h3,6-7,11H,1-2,4-5,10H2. The van der Waals surface area contributed by atoms with Gasteiger partial charge in [0.2, 0.25) is 10.0 Å². The fourth-order valence-corrected chi connectivity index (χ4v) is 5.04. The molecule has 0 saturated carbocycles. The topological polar surface area (TPSA) is 72.2 Å². The molecule has 1 aromatic heterocycles. The zero-order valence-corrected chi connectivity index (χ0v) is 11.1. The second-order valence-electron chi connectivity index (χ2n) is 3.78. The van der Waals surface area contributed by atoms with Crippen molar-refractivity contribution in [1.29, 1.82) is 0 Å². The van der Waals surface area contributed by atoms with Gasteiger partial charge in [-0.05, 0) is 29.9 Å². The van der Waals surface area contributed by atoms with Gasteiger partial charge in [0.15, 0.2) is 0 Å². The average Bonchev–Trinajstić information content (AvgIpc) is 2.85. The molecule has 1 saturated heterocycles. The molecular formula is C9H14N2O2S3. The van der Waals surface area contributed by atoms with Crippen LogP contribution in [0.15, 0.2) is 15.7 Å². The molecule has 7 heteroatoms. The van der Waals surface area contributed by atoms with E-state index in [4.69, 9.17) is 5.73 Å².